The molecule has 0 aliphatic heterocycles. The van der Waals surface area contributed by atoms with Gasteiger partial charge in [0.1, 0.15) is 12.4 Å². The van der Waals surface area contributed by atoms with Crippen molar-refractivity contribution in [3.63, 3.8) is 0 Å². The number of hydrogen-bond donors (Lipinski definition) is 1. The summed E-state index contributed by atoms with van der Waals surface area (Å²) in [6.07, 6.45) is 4.85. The lowest BCUT2D eigenvalue weighted by molar-refractivity contribution is 0.199. The first-order valence-electron chi connectivity index (χ1n) is 6.19. The highest BCUT2D eigenvalue weighted by Gasteiger charge is 2.20. The van der Waals surface area contributed by atoms with Gasteiger partial charge in [-0.05, 0) is 42.4 Å². The van der Waals surface area contributed by atoms with Crippen LogP contribution in [0.4, 0.5) is 0 Å². The maximum atomic E-state index is 8.80. The molecular formula is C14H20O2. The Morgan fingerprint density at radius 1 is 1.44 bits per heavy atom. The van der Waals surface area contributed by atoms with Crippen molar-refractivity contribution >= 4 is 0 Å². The maximum Gasteiger partial charge on any atom is 0.122 e. The number of benzene rings is 1. The van der Waals surface area contributed by atoms with Crippen LogP contribution < -0.4 is 4.74 Å². The lowest BCUT2D eigenvalue weighted by atomic mass is 9.82. The molecule has 0 bridgehead atoms. The minimum absolute atomic E-state index is 0.0842. The van der Waals surface area contributed by atoms with Gasteiger partial charge in [-0.3, -0.25) is 0 Å². The van der Waals surface area contributed by atoms with Crippen molar-refractivity contribution in [1.82, 2.24) is 0 Å². The molecule has 0 spiro atoms. The van der Waals surface area contributed by atoms with Crippen molar-refractivity contribution in [3.8, 4) is 5.75 Å². The summed E-state index contributed by atoms with van der Waals surface area (Å²) >= 11 is 0. The van der Waals surface area contributed by atoms with Crippen LogP contribution in [-0.2, 0) is 12.8 Å². The van der Waals surface area contributed by atoms with Gasteiger partial charge >= 0.3 is 0 Å². The van der Waals surface area contributed by atoms with Gasteiger partial charge in [0.2, 0.25) is 0 Å². The van der Waals surface area contributed by atoms with Crippen LogP contribution in [0.2, 0.25) is 0 Å². The van der Waals surface area contributed by atoms with E-state index < -0.39 is 0 Å². The molecule has 1 aromatic rings. The van der Waals surface area contributed by atoms with Gasteiger partial charge in [-0.2, -0.15) is 0 Å². The van der Waals surface area contributed by atoms with Crippen molar-refractivity contribution in [2.24, 2.45) is 5.92 Å². The third-order valence-corrected chi connectivity index (χ3v) is 3.47. The van der Waals surface area contributed by atoms with Gasteiger partial charge in [0.15, 0.2) is 0 Å². The Balaban J connectivity index is 2.20. The zero-order valence-electron chi connectivity index (χ0n) is 9.91. The van der Waals surface area contributed by atoms with E-state index in [9.17, 15) is 0 Å². The molecule has 0 saturated carbocycles. The van der Waals surface area contributed by atoms with Crippen LogP contribution in [0.15, 0.2) is 18.2 Å². The highest BCUT2D eigenvalue weighted by atomic mass is 16.5. The van der Waals surface area contributed by atoms with Gasteiger partial charge < -0.3 is 9.84 Å². The second-order valence-corrected chi connectivity index (χ2v) is 4.48. The average molecular weight is 220 g/mol. The quantitative estimate of drug-likeness (QED) is 0.845. The van der Waals surface area contributed by atoms with Gasteiger partial charge in [0, 0.05) is 0 Å². The molecule has 0 radical (unpaired) electrons. The van der Waals surface area contributed by atoms with Crippen molar-refractivity contribution in [2.45, 2.75) is 32.6 Å². The highest BCUT2D eigenvalue weighted by Crippen LogP contribution is 2.33. The molecular weight excluding hydrogens is 200 g/mol. The summed E-state index contributed by atoms with van der Waals surface area (Å²) in [5.74, 6) is 1.77. The standard InChI is InChI=1S/C14H20O2/c1-2-11-6-7-12-4-3-5-14(13(12)10-11)16-9-8-15/h3-5,11,15H,2,6-10H2,1H3. The molecule has 1 N–H and O–H groups in total. The number of aliphatic hydroxyl groups excluding tert-OH is 1. The first kappa shape index (κ1) is 11.5. The SMILES string of the molecule is CCC1CCc2cccc(OCCO)c2C1. The molecule has 16 heavy (non-hydrogen) atoms. The number of aliphatic hydroxyl groups is 1. The molecule has 2 rings (SSSR count). The molecule has 1 aromatic carbocycles. The number of hydrogen-bond acceptors (Lipinski definition) is 2. The summed E-state index contributed by atoms with van der Waals surface area (Å²) in [6.45, 7) is 2.74. The van der Waals surface area contributed by atoms with Crippen LogP contribution >= 0.6 is 0 Å². The van der Waals surface area contributed by atoms with E-state index in [2.05, 4.69) is 19.1 Å². The Labute approximate surface area is 97.3 Å². The number of aryl methyl sites for hydroxylation is 1. The molecule has 1 atom stereocenters. The van der Waals surface area contributed by atoms with E-state index in [0.29, 0.717) is 6.61 Å². The van der Waals surface area contributed by atoms with Crippen molar-refractivity contribution in [2.75, 3.05) is 13.2 Å². The summed E-state index contributed by atoms with van der Waals surface area (Å²) in [5, 5.41) is 8.80. The third kappa shape index (κ3) is 2.38. The Hall–Kier alpha value is -1.02. The third-order valence-electron chi connectivity index (χ3n) is 3.47. The average Bonchev–Trinajstić information content (AvgIpc) is 2.35. The second-order valence-electron chi connectivity index (χ2n) is 4.48. The van der Waals surface area contributed by atoms with Gasteiger partial charge in [0.25, 0.3) is 0 Å². The van der Waals surface area contributed by atoms with Gasteiger partial charge in [0.05, 0.1) is 6.61 Å². The largest absolute Gasteiger partial charge is 0.491 e. The molecule has 0 fully saturated rings. The maximum absolute atomic E-state index is 8.80. The van der Waals surface area contributed by atoms with E-state index in [0.717, 1.165) is 18.1 Å². The Bertz CT molecular complexity index is 347. The van der Waals surface area contributed by atoms with E-state index in [4.69, 9.17) is 9.84 Å². The highest BCUT2D eigenvalue weighted by molar-refractivity contribution is 5.42. The van der Waals surface area contributed by atoms with Crippen molar-refractivity contribution in [1.29, 1.82) is 0 Å². The first-order chi connectivity index (χ1) is 7.85. The summed E-state index contributed by atoms with van der Waals surface area (Å²) in [4.78, 5) is 0. The topological polar surface area (TPSA) is 29.5 Å². The first-order valence-corrected chi connectivity index (χ1v) is 6.19. The van der Waals surface area contributed by atoms with Gasteiger partial charge in [-0.1, -0.05) is 25.5 Å². The molecule has 0 saturated heterocycles. The summed E-state index contributed by atoms with van der Waals surface area (Å²) in [5.41, 5.74) is 2.80. The zero-order valence-corrected chi connectivity index (χ0v) is 9.91. The molecule has 1 aliphatic carbocycles. The fourth-order valence-electron chi connectivity index (χ4n) is 2.47. The number of fused-ring (bicyclic) bond motifs is 1. The minimum atomic E-state index is 0.0842. The van der Waals surface area contributed by atoms with Crippen molar-refractivity contribution < 1.29 is 9.84 Å². The fraction of sp³-hybridized carbons (Fsp3) is 0.571. The van der Waals surface area contributed by atoms with Crippen molar-refractivity contribution in [3.05, 3.63) is 29.3 Å². The molecule has 2 nitrogen and oxygen atoms in total. The van der Waals surface area contributed by atoms with E-state index in [1.807, 2.05) is 6.07 Å². The fourth-order valence-corrected chi connectivity index (χ4v) is 2.47. The Morgan fingerprint density at radius 2 is 2.31 bits per heavy atom. The van der Waals surface area contributed by atoms with Crippen LogP contribution in [0.5, 0.6) is 5.75 Å². The smallest absolute Gasteiger partial charge is 0.122 e. The van der Waals surface area contributed by atoms with Gasteiger partial charge in [-0.15, -0.1) is 0 Å². The molecule has 1 unspecified atom stereocenters. The lowest BCUT2D eigenvalue weighted by Crippen LogP contribution is -2.15. The number of rotatable bonds is 4. The Kier molecular flexibility index (Phi) is 3.83. The van der Waals surface area contributed by atoms with Crippen LogP contribution in [0.25, 0.3) is 0 Å². The Morgan fingerprint density at radius 3 is 3.06 bits per heavy atom. The second kappa shape index (κ2) is 5.35. The predicted molar refractivity (Wildman–Crippen MR) is 64.8 cm³/mol. The normalized spacial score (nSPS) is 19.2. The van der Waals surface area contributed by atoms with E-state index >= 15 is 0 Å². The molecule has 0 aromatic heterocycles. The summed E-state index contributed by atoms with van der Waals surface area (Å²) < 4.78 is 5.60. The number of ether oxygens (including phenoxy) is 1. The summed E-state index contributed by atoms with van der Waals surface area (Å²) in [6, 6.07) is 6.28. The van der Waals surface area contributed by atoms with Crippen LogP contribution in [0, 0.1) is 5.92 Å². The summed E-state index contributed by atoms with van der Waals surface area (Å²) in [7, 11) is 0. The lowest BCUT2D eigenvalue weighted by Gasteiger charge is -2.25. The molecule has 1 aliphatic rings. The van der Waals surface area contributed by atoms with E-state index in [1.54, 1.807) is 0 Å². The predicted octanol–water partition coefficient (Wildman–Crippen LogP) is 2.57. The van der Waals surface area contributed by atoms with Gasteiger partial charge in [-0.25, -0.2) is 0 Å². The molecule has 2 heteroatoms. The molecule has 88 valence electrons. The monoisotopic (exact) mass is 220 g/mol. The molecule has 0 amide bonds. The minimum Gasteiger partial charge on any atom is -0.491 e. The van der Waals surface area contributed by atoms with Crippen LogP contribution in [0.1, 0.15) is 30.9 Å². The van der Waals surface area contributed by atoms with Crippen LogP contribution in [0.3, 0.4) is 0 Å². The molecule has 0 heterocycles. The van der Waals surface area contributed by atoms with Crippen LogP contribution in [-0.4, -0.2) is 18.3 Å². The zero-order chi connectivity index (χ0) is 11.4. The van der Waals surface area contributed by atoms with E-state index in [-0.39, 0.29) is 6.61 Å². The van der Waals surface area contributed by atoms with E-state index in [1.165, 1.54) is 30.4 Å².